The Bertz CT molecular complexity index is 1280. The van der Waals surface area contributed by atoms with E-state index in [9.17, 15) is 8.42 Å². The number of benzene rings is 2. The van der Waals surface area contributed by atoms with Gasteiger partial charge in [0.05, 0.1) is 31.4 Å². The van der Waals surface area contributed by atoms with E-state index in [0.717, 1.165) is 44.2 Å². The molecular weight excluding hydrogens is 440 g/mol. The Morgan fingerprint density at radius 3 is 2.58 bits per heavy atom. The molecule has 0 unspecified atom stereocenters. The summed E-state index contributed by atoms with van der Waals surface area (Å²) in [6, 6.07) is 10.6. The predicted octanol–water partition coefficient (Wildman–Crippen LogP) is 3.37. The number of rotatable bonds is 5. The third kappa shape index (κ3) is 3.94. The number of fused-ring (bicyclic) bond motifs is 1. The molecule has 0 amide bonds. The molecule has 1 aliphatic carbocycles. The summed E-state index contributed by atoms with van der Waals surface area (Å²) in [4.78, 5) is 9.11. The van der Waals surface area contributed by atoms with Gasteiger partial charge in [-0.3, -0.25) is 15.8 Å². The van der Waals surface area contributed by atoms with E-state index in [1.54, 1.807) is 12.1 Å². The molecule has 2 fully saturated rings. The molecule has 3 aromatic rings. The second kappa shape index (κ2) is 8.55. The van der Waals surface area contributed by atoms with Crippen LogP contribution in [0.25, 0.3) is 11.0 Å². The number of hydrogen-bond acceptors (Lipinski definition) is 8. The topological polar surface area (TPSA) is 102 Å². The molecule has 1 saturated heterocycles. The lowest BCUT2D eigenvalue weighted by molar-refractivity contribution is 0.235. The molecule has 1 aromatic heterocycles. The van der Waals surface area contributed by atoms with Crippen LogP contribution in [0.4, 0.5) is 0 Å². The van der Waals surface area contributed by atoms with Crippen LogP contribution in [0, 0.1) is 0 Å². The van der Waals surface area contributed by atoms with E-state index < -0.39 is 9.84 Å². The summed E-state index contributed by atoms with van der Waals surface area (Å²) >= 11 is 0. The zero-order valence-electron chi connectivity index (χ0n) is 18.8. The van der Waals surface area contributed by atoms with Crippen LogP contribution < -0.4 is 20.3 Å². The normalized spacial score (nSPS) is 23.2. The highest BCUT2D eigenvalue weighted by Crippen LogP contribution is 2.42. The summed E-state index contributed by atoms with van der Waals surface area (Å²) in [5.41, 5.74) is 9.34. The molecule has 2 aliphatic rings. The first-order valence-corrected chi connectivity index (χ1v) is 12.7. The van der Waals surface area contributed by atoms with Crippen molar-refractivity contribution in [1.29, 1.82) is 0 Å². The Balaban J connectivity index is 1.54. The number of ether oxygens (including phenoxy) is 2. The minimum Gasteiger partial charge on any atom is -0.497 e. The van der Waals surface area contributed by atoms with E-state index in [-0.39, 0.29) is 21.2 Å². The van der Waals surface area contributed by atoms with Gasteiger partial charge in [-0.2, -0.15) is 0 Å². The van der Waals surface area contributed by atoms with Crippen LogP contribution >= 0.6 is 0 Å². The fourth-order valence-electron chi connectivity index (χ4n) is 5.07. The standard InChI is InChI=1S/C24H28N4O4S/c1-31-17-6-7-20(32-2)21(14-17)33(29,30)22-15-25-19-5-3-4-18(23(19)27-22)16-8-10-24(11-9-16)12-13-26-28-24/h3-7,14-16,26,28H,8-13H2,1-2H3. The maximum absolute atomic E-state index is 13.5. The Kier molecular flexibility index (Phi) is 5.72. The summed E-state index contributed by atoms with van der Waals surface area (Å²) in [7, 11) is -1.04. The average Bonchev–Trinajstić information content (AvgIpc) is 3.31. The number of hydrazine groups is 1. The van der Waals surface area contributed by atoms with Crippen LogP contribution in [-0.4, -0.2) is 44.7 Å². The maximum atomic E-state index is 13.5. The van der Waals surface area contributed by atoms with Crippen molar-refractivity contribution in [2.75, 3.05) is 20.8 Å². The quantitative estimate of drug-likeness (QED) is 0.588. The van der Waals surface area contributed by atoms with Crippen LogP contribution in [0.3, 0.4) is 0 Å². The van der Waals surface area contributed by atoms with Crippen LogP contribution in [0.5, 0.6) is 11.5 Å². The molecule has 1 aliphatic heterocycles. The SMILES string of the molecule is COc1ccc(OC)c(S(=O)(=O)c2cnc3cccc(C4CCC5(CCNN5)CC4)c3n2)c1. The Labute approximate surface area is 193 Å². The summed E-state index contributed by atoms with van der Waals surface area (Å²) < 4.78 is 37.6. The summed E-state index contributed by atoms with van der Waals surface area (Å²) in [5.74, 6) is 0.983. The number of nitrogens with zero attached hydrogens (tertiary/aromatic N) is 2. The monoisotopic (exact) mass is 468 g/mol. The van der Waals surface area contributed by atoms with Gasteiger partial charge in [-0.1, -0.05) is 12.1 Å². The van der Waals surface area contributed by atoms with Crippen LogP contribution in [-0.2, 0) is 9.84 Å². The number of methoxy groups -OCH3 is 2. The van der Waals surface area contributed by atoms with Crippen LogP contribution in [0.15, 0.2) is 52.5 Å². The third-order valence-corrected chi connectivity index (χ3v) is 8.63. The molecule has 9 heteroatoms. The highest BCUT2D eigenvalue weighted by molar-refractivity contribution is 7.91. The van der Waals surface area contributed by atoms with E-state index in [2.05, 4.69) is 26.9 Å². The minimum atomic E-state index is -3.97. The number of sulfone groups is 1. The maximum Gasteiger partial charge on any atom is 0.229 e. The molecule has 0 atom stereocenters. The van der Waals surface area contributed by atoms with Crippen molar-refractivity contribution < 1.29 is 17.9 Å². The Morgan fingerprint density at radius 2 is 1.88 bits per heavy atom. The van der Waals surface area contributed by atoms with E-state index in [1.807, 2.05) is 12.1 Å². The van der Waals surface area contributed by atoms with Gasteiger partial charge in [-0.25, -0.2) is 13.4 Å². The molecule has 2 heterocycles. The van der Waals surface area contributed by atoms with Crippen LogP contribution in [0.1, 0.15) is 43.6 Å². The number of nitrogens with one attached hydrogen (secondary N) is 2. The molecule has 2 N–H and O–H groups in total. The van der Waals surface area contributed by atoms with E-state index in [0.29, 0.717) is 22.7 Å². The fraction of sp³-hybridized carbons (Fsp3) is 0.417. The van der Waals surface area contributed by atoms with Crippen molar-refractivity contribution in [2.24, 2.45) is 0 Å². The minimum absolute atomic E-state index is 0.00916. The summed E-state index contributed by atoms with van der Waals surface area (Å²) in [6.45, 7) is 0.999. The van der Waals surface area contributed by atoms with E-state index >= 15 is 0 Å². The van der Waals surface area contributed by atoms with Gasteiger partial charge in [-0.05, 0) is 61.8 Å². The molecule has 174 valence electrons. The molecule has 0 bridgehead atoms. The molecule has 1 saturated carbocycles. The van der Waals surface area contributed by atoms with Crippen molar-refractivity contribution in [3.63, 3.8) is 0 Å². The molecule has 5 rings (SSSR count). The second-order valence-corrected chi connectivity index (χ2v) is 10.7. The van der Waals surface area contributed by atoms with Gasteiger partial charge in [0.1, 0.15) is 16.4 Å². The van der Waals surface area contributed by atoms with Crippen molar-refractivity contribution in [3.8, 4) is 11.5 Å². The second-order valence-electron chi connectivity index (χ2n) is 8.80. The number of para-hydroxylation sites is 1. The molecule has 33 heavy (non-hydrogen) atoms. The van der Waals surface area contributed by atoms with Crippen molar-refractivity contribution in [2.45, 2.75) is 53.5 Å². The van der Waals surface area contributed by atoms with Crippen molar-refractivity contribution in [1.82, 2.24) is 20.8 Å². The number of hydrogen-bond donors (Lipinski definition) is 2. The summed E-state index contributed by atoms with van der Waals surface area (Å²) in [6.07, 6.45) is 6.66. The molecule has 2 aromatic carbocycles. The lowest BCUT2D eigenvalue weighted by atomic mass is 9.73. The highest BCUT2D eigenvalue weighted by Gasteiger charge is 2.38. The van der Waals surface area contributed by atoms with E-state index in [1.165, 1.54) is 26.5 Å². The first-order valence-electron chi connectivity index (χ1n) is 11.2. The van der Waals surface area contributed by atoms with Gasteiger partial charge in [0.15, 0.2) is 5.03 Å². The smallest absolute Gasteiger partial charge is 0.229 e. The third-order valence-electron chi connectivity index (χ3n) is 6.98. The lowest BCUT2D eigenvalue weighted by Gasteiger charge is -2.37. The number of aromatic nitrogens is 2. The Hall–Kier alpha value is -2.75. The molecular formula is C24H28N4O4S. The zero-order chi connectivity index (χ0) is 23.1. The van der Waals surface area contributed by atoms with Gasteiger partial charge < -0.3 is 9.47 Å². The summed E-state index contributed by atoms with van der Waals surface area (Å²) in [5, 5.41) is -0.0945. The van der Waals surface area contributed by atoms with Crippen molar-refractivity contribution in [3.05, 3.63) is 48.2 Å². The van der Waals surface area contributed by atoms with Crippen molar-refractivity contribution >= 4 is 20.9 Å². The van der Waals surface area contributed by atoms with E-state index in [4.69, 9.17) is 9.47 Å². The molecule has 8 nitrogen and oxygen atoms in total. The predicted molar refractivity (Wildman–Crippen MR) is 124 cm³/mol. The largest absolute Gasteiger partial charge is 0.497 e. The highest BCUT2D eigenvalue weighted by atomic mass is 32.2. The van der Waals surface area contributed by atoms with Gasteiger partial charge >= 0.3 is 0 Å². The first-order chi connectivity index (χ1) is 16.0. The van der Waals surface area contributed by atoms with Gasteiger partial charge in [0.25, 0.3) is 0 Å². The van der Waals surface area contributed by atoms with Gasteiger partial charge in [0, 0.05) is 18.2 Å². The zero-order valence-corrected chi connectivity index (χ0v) is 19.6. The van der Waals surface area contributed by atoms with Gasteiger partial charge in [-0.15, -0.1) is 0 Å². The Morgan fingerprint density at radius 1 is 1.06 bits per heavy atom. The molecule has 0 radical (unpaired) electrons. The van der Waals surface area contributed by atoms with Gasteiger partial charge in [0.2, 0.25) is 9.84 Å². The lowest BCUT2D eigenvalue weighted by Crippen LogP contribution is -2.46. The fourth-order valence-corrected chi connectivity index (χ4v) is 6.39. The average molecular weight is 469 g/mol. The first kappa shape index (κ1) is 22.1. The van der Waals surface area contributed by atoms with Crippen LogP contribution in [0.2, 0.25) is 0 Å². The molecule has 1 spiro atoms.